The number of phenols is 1. The molecule has 2 aromatic carbocycles. The molecule has 3 aromatic rings. The van der Waals surface area contributed by atoms with Gasteiger partial charge in [-0.1, -0.05) is 41.9 Å². The zero-order valence-corrected chi connectivity index (χ0v) is 10.7. The molecule has 0 aliphatic heterocycles. The van der Waals surface area contributed by atoms with Crippen molar-refractivity contribution < 1.29 is 5.11 Å². The van der Waals surface area contributed by atoms with E-state index in [0.29, 0.717) is 10.6 Å². The summed E-state index contributed by atoms with van der Waals surface area (Å²) in [5.41, 5.74) is 3.36. The van der Waals surface area contributed by atoms with Crippen molar-refractivity contribution in [3.8, 4) is 28.1 Å². The molecule has 19 heavy (non-hydrogen) atoms. The number of aromatic amines is 1. The number of halogens is 1. The summed E-state index contributed by atoms with van der Waals surface area (Å²) in [5.74, 6) is 0.172. The van der Waals surface area contributed by atoms with Crippen molar-refractivity contribution >= 4 is 11.6 Å². The lowest BCUT2D eigenvalue weighted by Gasteiger charge is -2.06. The fourth-order valence-electron chi connectivity index (χ4n) is 2.04. The van der Waals surface area contributed by atoms with Crippen molar-refractivity contribution in [3.63, 3.8) is 0 Å². The second kappa shape index (κ2) is 4.78. The Kier molecular flexibility index (Phi) is 2.97. The zero-order valence-electron chi connectivity index (χ0n) is 9.97. The van der Waals surface area contributed by atoms with Crippen LogP contribution in [0.2, 0.25) is 5.02 Å². The summed E-state index contributed by atoms with van der Waals surface area (Å²) >= 11 is 5.99. The molecule has 0 aliphatic rings. The Hall–Kier alpha value is -2.26. The fourth-order valence-corrected chi connectivity index (χ4v) is 2.21. The Labute approximate surface area is 115 Å². The highest BCUT2D eigenvalue weighted by molar-refractivity contribution is 6.31. The van der Waals surface area contributed by atoms with E-state index < -0.39 is 0 Å². The van der Waals surface area contributed by atoms with Gasteiger partial charge in [-0.05, 0) is 23.8 Å². The molecule has 1 heterocycles. The largest absolute Gasteiger partial charge is 0.507 e. The van der Waals surface area contributed by atoms with E-state index in [1.54, 1.807) is 24.4 Å². The maximum atomic E-state index is 9.97. The first-order valence-corrected chi connectivity index (χ1v) is 6.21. The SMILES string of the molecule is Oc1ccc(Cl)cc1-c1[nH]ncc1-c1ccccc1. The minimum absolute atomic E-state index is 0.172. The third-order valence-corrected chi connectivity index (χ3v) is 3.19. The molecule has 0 unspecified atom stereocenters. The van der Waals surface area contributed by atoms with Crippen LogP contribution >= 0.6 is 11.6 Å². The topological polar surface area (TPSA) is 48.9 Å². The van der Waals surface area contributed by atoms with Crippen LogP contribution in [-0.4, -0.2) is 15.3 Å². The number of nitrogens with one attached hydrogen (secondary N) is 1. The van der Waals surface area contributed by atoms with E-state index in [1.165, 1.54) is 0 Å². The first-order chi connectivity index (χ1) is 9.25. The highest BCUT2D eigenvalue weighted by Gasteiger charge is 2.13. The van der Waals surface area contributed by atoms with Gasteiger partial charge in [-0.3, -0.25) is 5.10 Å². The van der Waals surface area contributed by atoms with Crippen LogP contribution in [0, 0.1) is 0 Å². The lowest BCUT2D eigenvalue weighted by atomic mass is 10.0. The van der Waals surface area contributed by atoms with E-state index in [4.69, 9.17) is 11.6 Å². The summed E-state index contributed by atoms with van der Waals surface area (Å²) in [7, 11) is 0. The van der Waals surface area contributed by atoms with Crippen molar-refractivity contribution in [2.45, 2.75) is 0 Å². The second-order valence-corrected chi connectivity index (χ2v) is 4.62. The van der Waals surface area contributed by atoms with Crippen molar-refractivity contribution in [1.82, 2.24) is 10.2 Å². The van der Waals surface area contributed by atoms with Crippen LogP contribution in [0.4, 0.5) is 0 Å². The average Bonchev–Trinajstić information content (AvgIpc) is 2.91. The predicted octanol–water partition coefficient (Wildman–Crippen LogP) is 4.10. The van der Waals surface area contributed by atoms with Crippen LogP contribution in [0.25, 0.3) is 22.4 Å². The van der Waals surface area contributed by atoms with Crippen molar-refractivity contribution in [2.75, 3.05) is 0 Å². The van der Waals surface area contributed by atoms with Gasteiger partial charge in [0, 0.05) is 16.1 Å². The van der Waals surface area contributed by atoms with E-state index in [1.807, 2.05) is 30.3 Å². The number of benzene rings is 2. The van der Waals surface area contributed by atoms with Gasteiger partial charge in [0.05, 0.1) is 11.9 Å². The van der Waals surface area contributed by atoms with Gasteiger partial charge in [0.15, 0.2) is 0 Å². The van der Waals surface area contributed by atoms with Crippen molar-refractivity contribution in [2.24, 2.45) is 0 Å². The van der Waals surface area contributed by atoms with Gasteiger partial charge in [-0.25, -0.2) is 0 Å². The Balaban J connectivity index is 2.18. The van der Waals surface area contributed by atoms with Gasteiger partial charge in [0.25, 0.3) is 0 Å². The minimum Gasteiger partial charge on any atom is -0.507 e. The van der Waals surface area contributed by atoms with Gasteiger partial charge in [-0.15, -0.1) is 0 Å². The summed E-state index contributed by atoms with van der Waals surface area (Å²) < 4.78 is 0. The number of hydrogen-bond donors (Lipinski definition) is 2. The molecule has 0 amide bonds. The van der Waals surface area contributed by atoms with Crippen LogP contribution < -0.4 is 0 Å². The smallest absolute Gasteiger partial charge is 0.125 e. The van der Waals surface area contributed by atoms with Crippen LogP contribution in [0.15, 0.2) is 54.7 Å². The molecule has 0 saturated carbocycles. The van der Waals surface area contributed by atoms with Crippen molar-refractivity contribution in [3.05, 3.63) is 59.8 Å². The molecular formula is C15H11ClN2O. The molecule has 2 N–H and O–H groups in total. The third-order valence-electron chi connectivity index (χ3n) is 2.95. The van der Waals surface area contributed by atoms with Gasteiger partial charge in [0.2, 0.25) is 0 Å². The lowest BCUT2D eigenvalue weighted by Crippen LogP contribution is -1.84. The molecule has 0 atom stereocenters. The molecule has 0 saturated heterocycles. The molecule has 3 rings (SSSR count). The Morgan fingerprint density at radius 1 is 1.00 bits per heavy atom. The van der Waals surface area contributed by atoms with Gasteiger partial charge < -0.3 is 5.11 Å². The molecule has 0 radical (unpaired) electrons. The van der Waals surface area contributed by atoms with E-state index in [9.17, 15) is 5.11 Å². The molecule has 0 aliphatic carbocycles. The van der Waals surface area contributed by atoms with E-state index in [0.717, 1.165) is 16.8 Å². The number of rotatable bonds is 2. The van der Waals surface area contributed by atoms with Crippen LogP contribution in [0.1, 0.15) is 0 Å². The summed E-state index contributed by atoms with van der Waals surface area (Å²) in [4.78, 5) is 0. The van der Waals surface area contributed by atoms with Gasteiger partial charge in [0.1, 0.15) is 5.75 Å². The molecule has 3 nitrogen and oxygen atoms in total. The summed E-state index contributed by atoms with van der Waals surface area (Å²) in [6, 6.07) is 14.8. The highest BCUT2D eigenvalue weighted by Crippen LogP contribution is 2.36. The molecule has 4 heteroatoms. The van der Waals surface area contributed by atoms with Gasteiger partial charge >= 0.3 is 0 Å². The number of hydrogen-bond acceptors (Lipinski definition) is 2. The Morgan fingerprint density at radius 3 is 2.58 bits per heavy atom. The quantitative estimate of drug-likeness (QED) is 0.736. The molecular weight excluding hydrogens is 260 g/mol. The predicted molar refractivity (Wildman–Crippen MR) is 76.1 cm³/mol. The minimum atomic E-state index is 0.172. The lowest BCUT2D eigenvalue weighted by molar-refractivity contribution is 0.477. The normalized spacial score (nSPS) is 10.6. The standard InChI is InChI=1S/C15H11ClN2O/c16-11-6-7-14(19)12(8-11)15-13(9-17-18-15)10-4-2-1-3-5-10/h1-9,19H,(H,17,18). The molecule has 0 fully saturated rings. The number of aromatic nitrogens is 2. The monoisotopic (exact) mass is 270 g/mol. The van der Waals surface area contributed by atoms with E-state index in [-0.39, 0.29) is 5.75 Å². The molecule has 1 aromatic heterocycles. The second-order valence-electron chi connectivity index (χ2n) is 4.19. The molecule has 0 bridgehead atoms. The summed E-state index contributed by atoms with van der Waals surface area (Å²) in [6.07, 6.45) is 1.74. The van der Waals surface area contributed by atoms with Crippen LogP contribution in [-0.2, 0) is 0 Å². The fraction of sp³-hybridized carbons (Fsp3) is 0. The highest BCUT2D eigenvalue weighted by atomic mass is 35.5. The van der Waals surface area contributed by atoms with Crippen LogP contribution in [0.3, 0.4) is 0 Å². The third kappa shape index (κ3) is 2.20. The van der Waals surface area contributed by atoms with Gasteiger partial charge in [-0.2, -0.15) is 5.10 Å². The first kappa shape index (κ1) is 11.8. The summed E-state index contributed by atoms with van der Waals surface area (Å²) in [6.45, 7) is 0. The number of phenolic OH excluding ortho intramolecular Hbond substituents is 1. The molecule has 94 valence electrons. The number of nitrogens with zero attached hydrogens (tertiary/aromatic N) is 1. The van der Waals surface area contributed by atoms with E-state index >= 15 is 0 Å². The van der Waals surface area contributed by atoms with Crippen LogP contribution in [0.5, 0.6) is 5.75 Å². The maximum Gasteiger partial charge on any atom is 0.125 e. The Bertz CT molecular complexity index is 707. The van der Waals surface area contributed by atoms with Crippen molar-refractivity contribution in [1.29, 1.82) is 0 Å². The molecule has 0 spiro atoms. The zero-order chi connectivity index (χ0) is 13.2. The first-order valence-electron chi connectivity index (χ1n) is 5.83. The Morgan fingerprint density at radius 2 is 1.79 bits per heavy atom. The number of aromatic hydroxyl groups is 1. The average molecular weight is 271 g/mol. The van der Waals surface area contributed by atoms with E-state index in [2.05, 4.69) is 10.2 Å². The summed E-state index contributed by atoms with van der Waals surface area (Å²) in [5, 5.41) is 17.5. The number of H-pyrrole nitrogens is 1. The maximum absolute atomic E-state index is 9.97.